The third kappa shape index (κ3) is 1.84. The SMILES string of the molecule is Cc1cnc2ccc(-c3ccccc3F)cc2n1. The van der Waals surface area contributed by atoms with Crippen LogP contribution < -0.4 is 0 Å². The second-order valence-electron chi connectivity index (χ2n) is 4.19. The Morgan fingerprint density at radius 1 is 1.00 bits per heavy atom. The lowest BCUT2D eigenvalue weighted by molar-refractivity contribution is 0.631. The Labute approximate surface area is 104 Å². The predicted molar refractivity (Wildman–Crippen MR) is 69.7 cm³/mol. The highest BCUT2D eigenvalue weighted by Gasteiger charge is 2.05. The molecule has 0 amide bonds. The molecule has 3 heteroatoms. The molecule has 0 fully saturated rings. The van der Waals surface area contributed by atoms with E-state index < -0.39 is 0 Å². The van der Waals surface area contributed by atoms with Crippen LogP contribution >= 0.6 is 0 Å². The molecule has 0 N–H and O–H groups in total. The Hall–Kier alpha value is -2.29. The quantitative estimate of drug-likeness (QED) is 0.645. The average molecular weight is 238 g/mol. The van der Waals surface area contributed by atoms with Crippen molar-refractivity contribution in [3.8, 4) is 11.1 Å². The maximum absolute atomic E-state index is 13.7. The van der Waals surface area contributed by atoms with Crippen molar-refractivity contribution in [1.29, 1.82) is 0 Å². The van der Waals surface area contributed by atoms with Crippen LogP contribution in [0.4, 0.5) is 4.39 Å². The summed E-state index contributed by atoms with van der Waals surface area (Å²) in [6.45, 7) is 1.89. The van der Waals surface area contributed by atoms with Crippen molar-refractivity contribution < 1.29 is 4.39 Å². The number of aryl methyl sites for hydroxylation is 1. The zero-order valence-corrected chi connectivity index (χ0v) is 9.89. The van der Waals surface area contributed by atoms with E-state index in [4.69, 9.17) is 0 Å². The Morgan fingerprint density at radius 2 is 1.83 bits per heavy atom. The maximum atomic E-state index is 13.7. The van der Waals surface area contributed by atoms with Crippen LogP contribution in [0, 0.1) is 12.7 Å². The minimum atomic E-state index is -0.225. The minimum Gasteiger partial charge on any atom is -0.253 e. The Balaban J connectivity index is 2.22. The summed E-state index contributed by atoms with van der Waals surface area (Å²) in [6, 6.07) is 12.3. The topological polar surface area (TPSA) is 25.8 Å². The first-order valence-electron chi connectivity index (χ1n) is 5.72. The maximum Gasteiger partial charge on any atom is 0.131 e. The number of benzene rings is 2. The molecule has 0 unspecified atom stereocenters. The van der Waals surface area contributed by atoms with Gasteiger partial charge < -0.3 is 0 Å². The number of aromatic nitrogens is 2. The molecule has 1 aromatic heterocycles. The molecule has 0 bridgehead atoms. The van der Waals surface area contributed by atoms with Gasteiger partial charge in [-0.05, 0) is 30.7 Å². The number of hydrogen-bond acceptors (Lipinski definition) is 2. The molecule has 0 aliphatic carbocycles. The number of fused-ring (bicyclic) bond motifs is 1. The molecule has 0 saturated carbocycles. The van der Waals surface area contributed by atoms with Crippen LogP contribution in [0.15, 0.2) is 48.7 Å². The van der Waals surface area contributed by atoms with Gasteiger partial charge in [0.25, 0.3) is 0 Å². The zero-order valence-electron chi connectivity index (χ0n) is 9.89. The average Bonchev–Trinajstić information content (AvgIpc) is 2.38. The fraction of sp³-hybridized carbons (Fsp3) is 0.0667. The van der Waals surface area contributed by atoms with Gasteiger partial charge in [-0.2, -0.15) is 0 Å². The molecule has 0 saturated heterocycles. The Bertz CT molecular complexity index is 723. The molecule has 0 aliphatic heterocycles. The van der Waals surface area contributed by atoms with Crippen molar-refractivity contribution in [1.82, 2.24) is 9.97 Å². The van der Waals surface area contributed by atoms with E-state index in [-0.39, 0.29) is 5.82 Å². The summed E-state index contributed by atoms with van der Waals surface area (Å²) in [7, 11) is 0. The van der Waals surface area contributed by atoms with Gasteiger partial charge in [-0.25, -0.2) is 9.37 Å². The van der Waals surface area contributed by atoms with Crippen LogP contribution in [0.2, 0.25) is 0 Å². The van der Waals surface area contributed by atoms with E-state index in [1.54, 1.807) is 18.3 Å². The highest BCUT2D eigenvalue weighted by molar-refractivity contribution is 5.81. The summed E-state index contributed by atoms with van der Waals surface area (Å²) >= 11 is 0. The van der Waals surface area contributed by atoms with Crippen LogP contribution in [0.3, 0.4) is 0 Å². The van der Waals surface area contributed by atoms with Crippen molar-refractivity contribution in [2.45, 2.75) is 6.92 Å². The van der Waals surface area contributed by atoms with Crippen LogP contribution in [-0.2, 0) is 0 Å². The van der Waals surface area contributed by atoms with Crippen LogP contribution in [0.1, 0.15) is 5.69 Å². The number of halogens is 1. The fourth-order valence-corrected chi connectivity index (χ4v) is 1.97. The van der Waals surface area contributed by atoms with Crippen LogP contribution in [0.5, 0.6) is 0 Å². The van der Waals surface area contributed by atoms with Crippen LogP contribution in [-0.4, -0.2) is 9.97 Å². The molecular formula is C15H11FN2. The second-order valence-corrected chi connectivity index (χ2v) is 4.19. The summed E-state index contributed by atoms with van der Waals surface area (Å²) in [5.74, 6) is -0.225. The molecule has 0 aliphatic rings. The van der Waals surface area contributed by atoms with Gasteiger partial charge in [0.2, 0.25) is 0 Å². The summed E-state index contributed by atoms with van der Waals surface area (Å²) in [6.07, 6.45) is 1.73. The number of nitrogens with zero attached hydrogens (tertiary/aromatic N) is 2. The van der Waals surface area contributed by atoms with Gasteiger partial charge in [-0.15, -0.1) is 0 Å². The van der Waals surface area contributed by atoms with E-state index in [2.05, 4.69) is 9.97 Å². The lowest BCUT2D eigenvalue weighted by Gasteiger charge is -2.05. The van der Waals surface area contributed by atoms with Gasteiger partial charge in [-0.1, -0.05) is 24.3 Å². The van der Waals surface area contributed by atoms with Gasteiger partial charge >= 0.3 is 0 Å². The molecule has 88 valence electrons. The first-order chi connectivity index (χ1) is 8.74. The summed E-state index contributed by atoms with van der Waals surface area (Å²) in [4.78, 5) is 8.69. The Kier molecular flexibility index (Phi) is 2.52. The largest absolute Gasteiger partial charge is 0.253 e. The van der Waals surface area contributed by atoms with Crippen LogP contribution in [0.25, 0.3) is 22.2 Å². The van der Waals surface area contributed by atoms with E-state index in [0.717, 1.165) is 22.3 Å². The van der Waals surface area contributed by atoms with Gasteiger partial charge in [0.15, 0.2) is 0 Å². The van der Waals surface area contributed by atoms with E-state index in [1.165, 1.54) is 6.07 Å². The van der Waals surface area contributed by atoms with Crippen molar-refractivity contribution in [3.05, 3.63) is 60.2 Å². The van der Waals surface area contributed by atoms with Gasteiger partial charge in [-0.3, -0.25) is 4.98 Å². The molecule has 1 heterocycles. The van der Waals surface area contributed by atoms with E-state index >= 15 is 0 Å². The molecule has 18 heavy (non-hydrogen) atoms. The van der Waals surface area contributed by atoms with Crippen molar-refractivity contribution in [2.75, 3.05) is 0 Å². The minimum absolute atomic E-state index is 0.225. The van der Waals surface area contributed by atoms with Crippen molar-refractivity contribution in [2.24, 2.45) is 0 Å². The van der Waals surface area contributed by atoms with Gasteiger partial charge in [0.1, 0.15) is 5.82 Å². The van der Waals surface area contributed by atoms with E-state index in [0.29, 0.717) is 5.56 Å². The third-order valence-corrected chi connectivity index (χ3v) is 2.85. The molecule has 0 radical (unpaired) electrons. The Morgan fingerprint density at radius 3 is 2.67 bits per heavy atom. The molecule has 2 nitrogen and oxygen atoms in total. The van der Waals surface area contributed by atoms with Gasteiger partial charge in [0.05, 0.1) is 16.7 Å². The molecule has 2 aromatic carbocycles. The summed E-state index contributed by atoms with van der Waals surface area (Å²) in [5, 5.41) is 0. The predicted octanol–water partition coefficient (Wildman–Crippen LogP) is 3.74. The standard InChI is InChI=1S/C15H11FN2/c1-10-9-17-14-7-6-11(8-15(14)18-10)12-4-2-3-5-13(12)16/h2-9H,1H3. The smallest absolute Gasteiger partial charge is 0.131 e. The first-order valence-corrected chi connectivity index (χ1v) is 5.72. The van der Waals surface area contributed by atoms with Crippen molar-refractivity contribution >= 4 is 11.0 Å². The lowest BCUT2D eigenvalue weighted by Crippen LogP contribution is -1.89. The normalized spacial score (nSPS) is 10.8. The first kappa shape index (κ1) is 10.8. The number of rotatable bonds is 1. The second kappa shape index (κ2) is 4.18. The highest BCUT2D eigenvalue weighted by atomic mass is 19.1. The van der Waals surface area contributed by atoms with Crippen molar-refractivity contribution in [3.63, 3.8) is 0 Å². The molecular weight excluding hydrogens is 227 g/mol. The van der Waals surface area contributed by atoms with E-state index in [9.17, 15) is 4.39 Å². The summed E-state index contributed by atoms with van der Waals surface area (Å²) < 4.78 is 13.7. The van der Waals surface area contributed by atoms with Gasteiger partial charge in [0, 0.05) is 11.8 Å². The summed E-state index contributed by atoms with van der Waals surface area (Å²) in [5.41, 5.74) is 3.87. The molecule has 3 rings (SSSR count). The van der Waals surface area contributed by atoms with E-state index in [1.807, 2.05) is 31.2 Å². The zero-order chi connectivity index (χ0) is 12.5. The monoisotopic (exact) mass is 238 g/mol. The molecule has 3 aromatic rings. The highest BCUT2D eigenvalue weighted by Crippen LogP contribution is 2.25. The molecule has 0 atom stereocenters. The fourth-order valence-electron chi connectivity index (χ4n) is 1.97. The third-order valence-electron chi connectivity index (χ3n) is 2.85. The number of hydrogen-bond donors (Lipinski definition) is 0. The lowest BCUT2D eigenvalue weighted by atomic mass is 10.0. The molecule has 0 spiro atoms.